The van der Waals surface area contributed by atoms with Crippen LogP contribution in [0.2, 0.25) is 0 Å². The molecule has 21 heavy (non-hydrogen) atoms. The molecule has 6 nitrogen and oxygen atoms in total. The fourth-order valence-electron chi connectivity index (χ4n) is 2.54. The van der Waals surface area contributed by atoms with Gasteiger partial charge in [-0.25, -0.2) is 8.42 Å². The van der Waals surface area contributed by atoms with Gasteiger partial charge in [0, 0.05) is 37.8 Å². The number of amides is 1. The molecule has 2 N–H and O–H groups in total. The van der Waals surface area contributed by atoms with Gasteiger partial charge >= 0.3 is 0 Å². The Balaban J connectivity index is 2.25. The first-order valence-corrected chi connectivity index (χ1v) is 8.37. The van der Waals surface area contributed by atoms with Crippen LogP contribution in [0.1, 0.15) is 24.2 Å². The third-order valence-electron chi connectivity index (χ3n) is 3.51. The van der Waals surface area contributed by atoms with Gasteiger partial charge in [0.2, 0.25) is 10.0 Å². The van der Waals surface area contributed by atoms with E-state index >= 15 is 0 Å². The van der Waals surface area contributed by atoms with Crippen LogP contribution in [0.25, 0.3) is 0 Å². The molecule has 1 aliphatic rings. The van der Waals surface area contributed by atoms with Gasteiger partial charge in [-0.15, -0.1) is 0 Å². The molecule has 1 fully saturated rings. The second kappa shape index (κ2) is 6.13. The molecule has 1 amide bonds. The lowest BCUT2D eigenvalue weighted by atomic mass is 10.2. The molecular weight excluding hydrogens is 290 g/mol. The Morgan fingerprint density at radius 2 is 1.71 bits per heavy atom. The number of sulfonamides is 1. The van der Waals surface area contributed by atoms with E-state index in [0.717, 1.165) is 0 Å². The average Bonchev–Trinajstić information content (AvgIpc) is 2.45. The Morgan fingerprint density at radius 3 is 2.19 bits per heavy atom. The number of hydrogen-bond acceptors (Lipinski definition) is 4. The zero-order valence-corrected chi connectivity index (χ0v) is 13.3. The highest BCUT2D eigenvalue weighted by Crippen LogP contribution is 2.19. The summed E-state index contributed by atoms with van der Waals surface area (Å²) >= 11 is 0. The lowest BCUT2D eigenvalue weighted by Crippen LogP contribution is -2.55. The largest absolute Gasteiger partial charge is 0.355 e. The molecule has 1 saturated heterocycles. The van der Waals surface area contributed by atoms with E-state index in [9.17, 15) is 13.2 Å². The number of piperazine rings is 1. The molecule has 0 spiro atoms. The van der Waals surface area contributed by atoms with Gasteiger partial charge in [-0.1, -0.05) is 0 Å². The van der Waals surface area contributed by atoms with Crippen molar-refractivity contribution in [3.63, 3.8) is 0 Å². The highest BCUT2D eigenvalue weighted by Gasteiger charge is 2.31. The third-order valence-corrected chi connectivity index (χ3v) is 5.35. The number of nitrogens with zero attached hydrogens (tertiary/aromatic N) is 1. The topological polar surface area (TPSA) is 78.5 Å². The van der Waals surface area contributed by atoms with Crippen LogP contribution < -0.4 is 10.6 Å². The lowest BCUT2D eigenvalue weighted by Gasteiger charge is -2.35. The number of carbonyl (C=O) groups excluding carboxylic acids is 1. The second-order valence-corrected chi connectivity index (χ2v) is 7.33. The minimum Gasteiger partial charge on any atom is -0.355 e. The number of nitrogens with one attached hydrogen (secondary N) is 2. The summed E-state index contributed by atoms with van der Waals surface area (Å²) in [5.41, 5.74) is 0.443. The lowest BCUT2D eigenvalue weighted by molar-refractivity contribution is 0.0963. The summed E-state index contributed by atoms with van der Waals surface area (Å²) in [6.45, 7) is 4.83. The Kier molecular flexibility index (Phi) is 4.65. The molecule has 0 bridgehead atoms. The predicted octanol–water partition coefficient (Wildman–Crippen LogP) is 0.417. The maximum Gasteiger partial charge on any atom is 0.251 e. The van der Waals surface area contributed by atoms with Crippen LogP contribution in [-0.4, -0.2) is 50.9 Å². The van der Waals surface area contributed by atoms with E-state index in [1.54, 1.807) is 0 Å². The fourth-order valence-corrected chi connectivity index (χ4v) is 4.16. The van der Waals surface area contributed by atoms with Crippen molar-refractivity contribution in [2.75, 3.05) is 20.1 Å². The first-order chi connectivity index (χ1) is 9.84. The first-order valence-electron chi connectivity index (χ1n) is 6.93. The summed E-state index contributed by atoms with van der Waals surface area (Å²) in [7, 11) is -1.98. The monoisotopic (exact) mass is 311 g/mol. The maximum absolute atomic E-state index is 12.6. The molecular formula is C14H21N3O3S. The van der Waals surface area contributed by atoms with Crippen molar-refractivity contribution in [3.8, 4) is 0 Å². The van der Waals surface area contributed by atoms with Crippen LogP contribution in [0.3, 0.4) is 0 Å². The minimum atomic E-state index is -3.52. The normalized spacial score (nSPS) is 23.8. The SMILES string of the molecule is CNC(=O)c1ccc(S(=O)(=O)N2C[C@@H](C)N[C@@H](C)C2)cc1. The summed E-state index contributed by atoms with van der Waals surface area (Å²) in [6, 6.07) is 6.26. The highest BCUT2D eigenvalue weighted by atomic mass is 32.2. The van der Waals surface area contributed by atoms with Crippen molar-refractivity contribution in [3.05, 3.63) is 29.8 Å². The van der Waals surface area contributed by atoms with Gasteiger partial charge in [-0.3, -0.25) is 4.79 Å². The zero-order chi connectivity index (χ0) is 15.6. The van der Waals surface area contributed by atoms with E-state index in [1.165, 1.54) is 35.6 Å². The van der Waals surface area contributed by atoms with Gasteiger partial charge in [0.25, 0.3) is 5.91 Å². The zero-order valence-electron chi connectivity index (χ0n) is 12.5. The van der Waals surface area contributed by atoms with E-state index in [2.05, 4.69) is 10.6 Å². The molecule has 2 atom stereocenters. The van der Waals surface area contributed by atoms with Gasteiger partial charge < -0.3 is 10.6 Å². The van der Waals surface area contributed by atoms with E-state index < -0.39 is 10.0 Å². The summed E-state index contributed by atoms with van der Waals surface area (Å²) < 4.78 is 26.7. The van der Waals surface area contributed by atoms with Gasteiger partial charge in [0.05, 0.1) is 4.90 Å². The van der Waals surface area contributed by atoms with Crippen molar-refractivity contribution in [1.29, 1.82) is 0 Å². The molecule has 116 valence electrons. The molecule has 1 aromatic rings. The van der Waals surface area contributed by atoms with Crippen molar-refractivity contribution < 1.29 is 13.2 Å². The van der Waals surface area contributed by atoms with Crippen LogP contribution in [0.15, 0.2) is 29.2 Å². The molecule has 0 aromatic heterocycles. The smallest absolute Gasteiger partial charge is 0.251 e. The number of benzene rings is 1. The van der Waals surface area contributed by atoms with Crippen LogP contribution in [-0.2, 0) is 10.0 Å². The number of carbonyl (C=O) groups is 1. The van der Waals surface area contributed by atoms with Crippen molar-refractivity contribution >= 4 is 15.9 Å². The Bertz CT molecular complexity index is 603. The van der Waals surface area contributed by atoms with Crippen molar-refractivity contribution in [1.82, 2.24) is 14.9 Å². The van der Waals surface area contributed by atoms with E-state index in [0.29, 0.717) is 18.7 Å². The Labute approximate surface area is 125 Å². The molecule has 0 radical (unpaired) electrons. The second-order valence-electron chi connectivity index (χ2n) is 5.39. The molecule has 2 rings (SSSR count). The van der Waals surface area contributed by atoms with Crippen molar-refractivity contribution in [2.45, 2.75) is 30.8 Å². The van der Waals surface area contributed by atoms with Crippen LogP contribution in [0.4, 0.5) is 0 Å². The molecule has 1 heterocycles. The molecule has 0 aliphatic carbocycles. The summed E-state index contributed by atoms with van der Waals surface area (Å²) in [5.74, 6) is -0.233. The Morgan fingerprint density at radius 1 is 1.19 bits per heavy atom. The predicted molar refractivity (Wildman–Crippen MR) is 80.7 cm³/mol. The quantitative estimate of drug-likeness (QED) is 0.848. The standard InChI is InChI=1S/C14H21N3O3S/c1-10-8-17(9-11(2)16-10)21(19,20)13-6-4-12(5-7-13)14(18)15-3/h4-7,10-11,16H,8-9H2,1-3H3,(H,15,18)/t10-,11+. The van der Waals surface area contributed by atoms with E-state index in [1.807, 2.05) is 13.8 Å². The third kappa shape index (κ3) is 3.42. The molecule has 0 saturated carbocycles. The van der Waals surface area contributed by atoms with Gasteiger partial charge in [0.15, 0.2) is 0 Å². The Hall–Kier alpha value is -1.44. The summed E-state index contributed by atoms with van der Waals surface area (Å²) in [5, 5.41) is 5.81. The summed E-state index contributed by atoms with van der Waals surface area (Å²) in [4.78, 5) is 11.7. The van der Waals surface area contributed by atoms with E-state index in [-0.39, 0.29) is 22.9 Å². The van der Waals surface area contributed by atoms with Gasteiger partial charge in [-0.2, -0.15) is 4.31 Å². The molecule has 7 heteroatoms. The minimum absolute atomic E-state index is 0.119. The number of hydrogen-bond donors (Lipinski definition) is 2. The van der Waals surface area contributed by atoms with Crippen LogP contribution >= 0.6 is 0 Å². The molecule has 1 aromatic carbocycles. The number of rotatable bonds is 3. The van der Waals surface area contributed by atoms with Gasteiger partial charge in [0.1, 0.15) is 0 Å². The average molecular weight is 311 g/mol. The van der Waals surface area contributed by atoms with Crippen LogP contribution in [0, 0.1) is 0 Å². The van der Waals surface area contributed by atoms with Gasteiger partial charge in [-0.05, 0) is 38.1 Å². The fraction of sp³-hybridized carbons (Fsp3) is 0.500. The molecule has 1 aliphatic heterocycles. The van der Waals surface area contributed by atoms with E-state index in [4.69, 9.17) is 0 Å². The maximum atomic E-state index is 12.6. The van der Waals surface area contributed by atoms with Crippen molar-refractivity contribution in [2.24, 2.45) is 0 Å². The first kappa shape index (κ1) is 15.9. The highest BCUT2D eigenvalue weighted by molar-refractivity contribution is 7.89. The van der Waals surface area contributed by atoms with Crippen LogP contribution in [0.5, 0.6) is 0 Å². The summed E-state index contributed by atoms with van der Waals surface area (Å²) in [6.07, 6.45) is 0. The molecule has 0 unspecified atom stereocenters.